The topological polar surface area (TPSA) is 43.1 Å². The second kappa shape index (κ2) is 5.46. The predicted molar refractivity (Wildman–Crippen MR) is 78.1 cm³/mol. The van der Waals surface area contributed by atoms with Gasteiger partial charge in [-0.1, -0.05) is 34.1 Å². The molecular weight excluding hydrogens is 314 g/mol. The molecule has 1 aromatic carbocycles. The molecule has 0 N–H and O–H groups in total. The molecule has 1 heterocycles. The fourth-order valence-corrected chi connectivity index (χ4v) is 3.17. The first kappa shape index (κ1) is 13.0. The third-order valence-corrected chi connectivity index (χ3v) is 4.16. The van der Waals surface area contributed by atoms with Gasteiger partial charge >= 0.3 is 0 Å². The van der Waals surface area contributed by atoms with Crippen LogP contribution >= 0.6 is 27.3 Å². The van der Waals surface area contributed by atoms with Gasteiger partial charge in [0.2, 0.25) is 5.70 Å². The molecule has 0 radical (unpaired) electrons. The third kappa shape index (κ3) is 2.86. The molecule has 0 aliphatic heterocycles. The predicted octanol–water partition coefficient (Wildman–Crippen LogP) is 4.82. The summed E-state index contributed by atoms with van der Waals surface area (Å²) in [6.45, 7) is 1.50. The molecular formula is C13H10BrNO2S. The zero-order chi connectivity index (χ0) is 13.1. The second-order valence-electron chi connectivity index (χ2n) is 3.72. The molecule has 0 fully saturated rings. The highest BCUT2D eigenvalue weighted by atomic mass is 79.9. The number of nitro groups is 1. The van der Waals surface area contributed by atoms with Crippen LogP contribution in [0.25, 0.3) is 16.5 Å². The van der Waals surface area contributed by atoms with E-state index in [-0.39, 0.29) is 10.6 Å². The number of nitrogens with zero attached hydrogens (tertiary/aromatic N) is 1. The molecule has 0 saturated carbocycles. The number of halogens is 1. The van der Waals surface area contributed by atoms with E-state index in [0.29, 0.717) is 0 Å². The maximum absolute atomic E-state index is 10.6. The molecule has 0 amide bonds. The summed E-state index contributed by atoms with van der Waals surface area (Å²) in [5.41, 5.74) is 1.25. The van der Waals surface area contributed by atoms with E-state index in [4.69, 9.17) is 0 Å². The van der Waals surface area contributed by atoms with Crippen molar-refractivity contribution in [2.24, 2.45) is 0 Å². The summed E-state index contributed by atoms with van der Waals surface area (Å²) in [5, 5.41) is 10.6. The van der Waals surface area contributed by atoms with Gasteiger partial charge in [0.05, 0.1) is 4.92 Å². The molecule has 0 atom stereocenters. The van der Waals surface area contributed by atoms with Crippen molar-refractivity contribution >= 4 is 33.3 Å². The fraction of sp³-hybridized carbons (Fsp3) is 0.0769. The Labute approximate surface area is 117 Å². The summed E-state index contributed by atoms with van der Waals surface area (Å²) in [6, 6.07) is 11.8. The smallest absolute Gasteiger partial charge is 0.244 e. The number of hydrogen-bond donors (Lipinski definition) is 0. The molecule has 18 heavy (non-hydrogen) atoms. The zero-order valence-electron chi connectivity index (χ0n) is 9.59. The van der Waals surface area contributed by atoms with Crippen molar-refractivity contribution in [2.75, 3.05) is 0 Å². The van der Waals surface area contributed by atoms with Gasteiger partial charge in [-0.25, -0.2) is 0 Å². The SMILES string of the molecule is C/C(=C\c1ccc(-c2ccccc2Br)s1)[N+](=O)[O-]. The minimum Gasteiger partial charge on any atom is -0.259 e. The quantitative estimate of drug-likeness (QED) is 0.600. The van der Waals surface area contributed by atoms with Crippen molar-refractivity contribution in [3.63, 3.8) is 0 Å². The molecule has 0 aliphatic rings. The Hall–Kier alpha value is -1.46. The summed E-state index contributed by atoms with van der Waals surface area (Å²) < 4.78 is 1.02. The van der Waals surface area contributed by atoms with Crippen molar-refractivity contribution in [3.05, 3.63) is 61.6 Å². The minimum absolute atomic E-state index is 0.149. The summed E-state index contributed by atoms with van der Waals surface area (Å²) in [4.78, 5) is 12.2. The van der Waals surface area contributed by atoms with Gasteiger partial charge in [-0.15, -0.1) is 11.3 Å². The zero-order valence-corrected chi connectivity index (χ0v) is 12.0. The highest BCUT2D eigenvalue weighted by molar-refractivity contribution is 9.10. The average molecular weight is 324 g/mol. The Morgan fingerprint density at radius 1 is 1.33 bits per heavy atom. The summed E-state index contributed by atoms with van der Waals surface area (Å²) in [6.07, 6.45) is 1.59. The largest absolute Gasteiger partial charge is 0.259 e. The van der Waals surface area contributed by atoms with E-state index in [1.54, 1.807) is 6.08 Å². The van der Waals surface area contributed by atoms with Crippen LogP contribution in [0, 0.1) is 10.1 Å². The van der Waals surface area contributed by atoms with Crippen molar-refractivity contribution < 1.29 is 4.92 Å². The van der Waals surface area contributed by atoms with Gasteiger partial charge in [-0.2, -0.15) is 0 Å². The third-order valence-electron chi connectivity index (χ3n) is 2.41. The van der Waals surface area contributed by atoms with Crippen molar-refractivity contribution in [1.29, 1.82) is 0 Å². The maximum atomic E-state index is 10.6. The highest BCUT2D eigenvalue weighted by Crippen LogP contribution is 2.34. The van der Waals surface area contributed by atoms with Crippen LogP contribution in [-0.2, 0) is 0 Å². The molecule has 5 heteroatoms. The van der Waals surface area contributed by atoms with E-state index in [2.05, 4.69) is 15.9 Å². The van der Waals surface area contributed by atoms with Crippen LogP contribution in [0.3, 0.4) is 0 Å². The highest BCUT2D eigenvalue weighted by Gasteiger charge is 2.07. The maximum Gasteiger partial charge on any atom is 0.244 e. The van der Waals surface area contributed by atoms with E-state index in [9.17, 15) is 10.1 Å². The molecule has 0 bridgehead atoms. The molecule has 1 aromatic heterocycles. The lowest BCUT2D eigenvalue weighted by molar-refractivity contribution is -0.422. The van der Waals surface area contributed by atoms with Gasteiger partial charge in [0.15, 0.2) is 0 Å². The average Bonchev–Trinajstić information content (AvgIpc) is 2.77. The van der Waals surface area contributed by atoms with E-state index >= 15 is 0 Å². The van der Waals surface area contributed by atoms with Crippen LogP contribution in [0.2, 0.25) is 0 Å². The van der Waals surface area contributed by atoms with E-state index in [1.165, 1.54) is 18.3 Å². The standard InChI is InChI=1S/C13H10BrNO2S/c1-9(15(16)17)8-10-6-7-13(18-10)11-4-2-3-5-12(11)14/h2-8H,1H3/b9-8+. The Kier molecular flexibility index (Phi) is 3.93. The minimum atomic E-state index is -0.377. The molecule has 0 aliphatic carbocycles. The Morgan fingerprint density at radius 3 is 2.72 bits per heavy atom. The molecule has 3 nitrogen and oxygen atoms in total. The van der Waals surface area contributed by atoms with Gasteiger partial charge in [-0.05, 0) is 18.2 Å². The van der Waals surface area contributed by atoms with Gasteiger partial charge in [-0.3, -0.25) is 10.1 Å². The van der Waals surface area contributed by atoms with E-state index in [0.717, 1.165) is 19.8 Å². The monoisotopic (exact) mass is 323 g/mol. The Balaban J connectivity index is 2.35. The number of thiophene rings is 1. The Bertz CT molecular complexity index is 619. The first-order valence-electron chi connectivity index (χ1n) is 5.25. The summed E-state index contributed by atoms with van der Waals surface area (Å²) >= 11 is 5.03. The summed E-state index contributed by atoms with van der Waals surface area (Å²) in [7, 11) is 0. The lowest BCUT2D eigenvalue weighted by atomic mass is 10.2. The second-order valence-corrected chi connectivity index (χ2v) is 5.69. The van der Waals surface area contributed by atoms with Crippen LogP contribution in [0.4, 0.5) is 0 Å². The van der Waals surface area contributed by atoms with Crippen molar-refractivity contribution in [1.82, 2.24) is 0 Å². The van der Waals surface area contributed by atoms with Crippen LogP contribution in [0.15, 0.2) is 46.6 Å². The summed E-state index contributed by atoms with van der Waals surface area (Å²) in [5.74, 6) is 0. The fourth-order valence-electron chi connectivity index (χ4n) is 1.49. The van der Waals surface area contributed by atoms with E-state index < -0.39 is 0 Å². The molecule has 0 spiro atoms. The van der Waals surface area contributed by atoms with Gasteiger partial charge < -0.3 is 0 Å². The van der Waals surface area contributed by atoms with Crippen LogP contribution < -0.4 is 0 Å². The first-order chi connectivity index (χ1) is 8.58. The van der Waals surface area contributed by atoms with Crippen molar-refractivity contribution in [3.8, 4) is 10.4 Å². The van der Waals surface area contributed by atoms with E-state index in [1.807, 2.05) is 36.4 Å². The lowest BCUT2D eigenvalue weighted by Gasteiger charge is -1.99. The van der Waals surface area contributed by atoms with Crippen LogP contribution in [0.5, 0.6) is 0 Å². The first-order valence-corrected chi connectivity index (χ1v) is 6.86. The number of hydrogen-bond acceptors (Lipinski definition) is 3. The van der Waals surface area contributed by atoms with Gasteiger partial charge in [0.25, 0.3) is 0 Å². The molecule has 92 valence electrons. The Morgan fingerprint density at radius 2 is 2.06 bits per heavy atom. The number of rotatable bonds is 3. The normalized spacial score (nSPS) is 11.6. The molecule has 2 aromatic rings. The van der Waals surface area contributed by atoms with Crippen molar-refractivity contribution in [2.45, 2.75) is 6.92 Å². The van der Waals surface area contributed by atoms with Gasteiger partial charge in [0.1, 0.15) is 0 Å². The van der Waals surface area contributed by atoms with Crippen LogP contribution in [0.1, 0.15) is 11.8 Å². The molecule has 2 rings (SSSR count). The van der Waals surface area contributed by atoms with Crippen LogP contribution in [-0.4, -0.2) is 4.92 Å². The number of allylic oxidation sites excluding steroid dienone is 1. The van der Waals surface area contributed by atoms with Gasteiger partial charge in [0, 0.05) is 32.8 Å². The molecule has 0 unspecified atom stereocenters. The molecule has 0 saturated heterocycles. The number of benzene rings is 1. The lowest BCUT2D eigenvalue weighted by Crippen LogP contribution is -1.91.